The van der Waals surface area contributed by atoms with Crippen LogP contribution in [0.15, 0.2) is 23.3 Å². The monoisotopic (exact) mass is 479 g/mol. The van der Waals surface area contributed by atoms with E-state index in [0.29, 0.717) is 22.8 Å². The highest BCUT2D eigenvalue weighted by molar-refractivity contribution is 5.98. The van der Waals surface area contributed by atoms with Crippen molar-refractivity contribution in [2.45, 2.75) is 83.5 Å². The molecule has 0 amide bonds. The molecule has 1 aromatic carbocycles. The van der Waals surface area contributed by atoms with Crippen molar-refractivity contribution < 1.29 is 23.0 Å². The average molecular weight is 480 g/mol. The standard InChI is InChI=1S/C24H32F3N5O2/c1-13-9-19(21-31-32-22(34-21)29-14-5-7-16(33)8-6-14)30-20-17(13)10-15(28-12-24(25,26)27)11-18(20)23(2,3)4/h9-11,14,16,22,28-29,32-33H,5-8,12H2,1-4H3/t14-,16-,22?. The lowest BCUT2D eigenvalue weighted by atomic mass is 9.84. The molecule has 2 aromatic rings. The molecule has 1 aromatic heterocycles. The first-order valence-electron chi connectivity index (χ1n) is 11.6. The highest BCUT2D eigenvalue weighted by atomic mass is 19.4. The molecule has 2 heterocycles. The van der Waals surface area contributed by atoms with Crippen LogP contribution in [0.4, 0.5) is 18.9 Å². The van der Waals surface area contributed by atoms with Crippen LogP contribution in [-0.2, 0) is 10.2 Å². The van der Waals surface area contributed by atoms with Gasteiger partial charge in [0, 0.05) is 17.1 Å². The minimum atomic E-state index is -4.30. The Kier molecular flexibility index (Phi) is 6.65. The second-order valence-corrected chi connectivity index (χ2v) is 10.2. The largest absolute Gasteiger partial charge is 0.436 e. The number of pyridine rings is 1. The van der Waals surface area contributed by atoms with Crippen LogP contribution in [0.1, 0.15) is 63.3 Å². The summed E-state index contributed by atoms with van der Waals surface area (Å²) < 4.78 is 44.3. The molecule has 1 fully saturated rings. The Hall–Kier alpha value is -2.59. The summed E-state index contributed by atoms with van der Waals surface area (Å²) in [5, 5.41) is 20.7. The van der Waals surface area contributed by atoms with Gasteiger partial charge in [0.2, 0.25) is 6.35 Å². The van der Waals surface area contributed by atoms with Gasteiger partial charge in [0.05, 0.1) is 11.6 Å². The molecule has 1 aliphatic heterocycles. The fraction of sp³-hybridized carbons (Fsp3) is 0.583. The van der Waals surface area contributed by atoms with Crippen molar-refractivity contribution in [2.24, 2.45) is 5.10 Å². The smallest absolute Gasteiger partial charge is 0.405 e. The molecule has 4 N–H and O–H groups in total. The number of benzene rings is 1. The summed E-state index contributed by atoms with van der Waals surface area (Å²) in [6, 6.07) is 5.51. The number of aromatic nitrogens is 1. The number of hydrogen-bond donors (Lipinski definition) is 4. The molecular weight excluding hydrogens is 447 g/mol. The van der Waals surface area contributed by atoms with Crippen LogP contribution in [0.3, 0.4) is 0 Å². The second kappa shape index (κ2) is 9.22. The maximum Gasteiger partial charge on any atom is 0.405 e. The Labute approximate surface area is 197 Å². The molecule has 1 aliphatic carbocycles. The van der Waals surface area contributed by atoms with Gasteiger partial charge in [-0.2, -0.15) is 13.2 Å². The van der Waals surface area contributed by atoms with E-state index in [9.17, 15) is 18.3 Å². The minimum absolute atomic E-state index is 0.228. The van der Waals surface area contributed by atoms with Crippen molar-refractivity contribution in [1.82, 2.24) is 15.7 Å². The molecule has 1 saturated carbocycles. The highest BCUT2D eigenvalue weighted by Gasteiger charge is 2.29. The molecule has 1 atom stereocenters. The molecule has 0 spiro atoms. The van der Waals surface area contributed by atoms with E-state index in [1.165, 1.54) is 0 Å². The van der Waals surface area contributed by atoms with Crippen molar-refractivity contribution in [2.75, 3.05) is 11.9 Å². The van der Waals surface area contributed by atoms with Gasteiger partial charge in [-0.1, -0.05) is 20.8 Å². The van der Waals surface area contributed by atoms with Crippen LogP contribution >= 0.6 is 0 Å². The van der Waals surface area contributed by atoms with Crippen LogP contribution in [0.25, 0.3) is 10.9 Å². The van der Waals surface area contributed by atoms with Gasteiger partial charge in [-0.15, -0.1) is 5.10 Å². The lowest BCUT2D eigenvalue weighted by molar-refractivity contribution is -0.115. The van der Waals surface area contributed by atoms with Gasteiger partial charge in [0.25, 0.3) is 5.90 Å². The van der Waals surface area contributed by atoms with Crippen LogP contribution < -0.4 is 16.1 Å². The summed E-state index contributed by atoms with van der Waals surface area (Å²) in [5.74, 6) is 0.359. The van der Waals surface area contributed by atoms with Crippen LogP contribution in [0, 0.1) is 6.92 Å². The number of aryl methyl sites for hydroxylation is 1. The van der Waals surface area contributed by atoms with Gasteiger partial charge in [-0.05, 0) is 67.3 Å². The molecule has 34 heavy (non-hydrogen) atoms. The molecule has 186 valence electrons. The Morgan fingerprint density at radius 1 is 1.12 bits per heavy atom. The number of alkyl halides is 3. The van der Waals surface area contributed by atoms with E-state index >= 15 is 0 Å². The third-order valence-corrected chi connectivity index (χ3v) is 6.24. The second-order valence-electron chi connectivity index (χ2n) is 10.2. The maximum absolute atomic E-state index is 12.8. The maximum atomic E-state index is 12.8. The van der Waals surface area contributed by atoms with E-state index < -0.39 is 19.1 Å². The van der Waals surface area contributed by atoms with Crippen LogP contribution in [0.5, 0.6) is 0 Å². The van der Waals surface area contributed by atoms with Gasteiger partial charge in [0.1, 0.15) is 12.2 Å². The summed E-state index contributed by atoms with van der Waals surface area (Å²) in [6.45, 7) is 6.82. The summed E-state index contributed by atoms with van der Waals surface area (Å²) in [6.07, 6.45) is -1.76. The zero-order chi connectivity index (χ0) is 24.7. The number of nitrogens with one attached hydrogen (secondary N) is 3. The van der Waals surface area contributed by atoms with Gasteiger partial charge < -0.3 is 15.2 Å². The SMILES string of the molecule is Cc1cc(C2=NNC(N[C@H]3CC[C@H](O)CC3)O2)nc2c(C(C)(C)C)cc(NCC(F)(F)F)cc12. The van der Waals surface area contributed by atoms with Gasteiger partial charge in [-0.3, -0.25) is 10.7 Å². The van der Waals surface area contributed by atoms with Gasteiger partial charge in [-0.25, -0.2) is 4.98 Å². The molecule has 4 rings (SSSR count). The van der Waals surface area contributed by atoms with Crippen molar-refractivity contribution in [3.8, 4) is 0 Å². The predicted octanol–water partition coefficient (Wildman–Crippen LogP) is 4.27. The minimum Gasteiger partial charge on any atom is -0.436 e. The van der Waals surface area contributed by atoms with Crippen LogP contribution in [0.2, 0.25) is 0 Å². The lowest BCUT2D eigenvalue weighted by Gasteiger charge is -2.28. The molecule has 1 unspecified atom stereocenters. The van der Waals surface area contributed by atoms with Crippen molar-refractivity contribution in [1.29, 1.82) is 0 Å². The molecule has 0 saturated heterocycles. The Balaban J connectivity index is 1.59. The van der Waals surface area contributed by atoms with E-state index in [0.717, 1.165) is 42.2 Å². The number of halogens is 3. The zero-order valence-electron chi connectivity index (χ0n) is 19.9. The molecular formula is C24H32F3N5O2. The van der Waals surface area contributed by atoms with Crippen molar-refractivity contribution in [3.63, 3.8) is 0 Å². The van der Waals surface area contributed by atoms with Gasteiger partial charge >= 0.3 is 6.18 Å². The Morgan fingerprint density at radius 2 is 1.82 bits per heavy atom. The normalized spacial score (nSPS) is 23.4. The fourth-order valence-electron chi connectivity index (χ4n) is 4.40. The lowest BCUT2D eigenvalue weighted by Crippen LogP contribution is -2.46. The van der Waals surface area contributed by atoms with E-state index in [2.05, 4.69) is 21.2 Å². The molecule has 0 bridgehead atoms. The predicted molar refractivity (Wildman–Crippen MR) is 126 cm³/mol. The number of aliphatic hydroxyl groups excluding tert-OH is 1. The average Bonchev–Trinajstić information content (AvgIpc) is 3.21. The number of ether oxygens (including phenoxy) is 1. The first-order chi connectivity index (χ1) is 15.9. The highest BCUT2D eigenvalue weighted by Crippen LogP contribution is 2.34. The molecule has 10 heteroatoms. The van der Waals surface area contributed by atoms with Crippen LogP contribution in [-0.4, -0.2) is 47.2 Å². The third kappa shape index (κ3) is 5.72. The number of fused-ring (bicyclic) bond motifs is 1. The number of anilines is 1. The third-order valence-electron chi connectivity index (χ3n) is 6.24. The number of hydrazone groups is 1. The van der Waals surface area contributed by atoms with E-state index in [1.807, 2.05) is 33.8 Å². The van der Waals surface area contributed by atoms with Crippen molar-refractivity contribution >= 4 is 22.5 Å². The Morgan fingerprint density at radius 3 is 2.47 bits per heavy atom. The summed E-state index contributed by atoms with van der Waals surface area (Å²) in [5.41, 5.74) is 5.98. The number of rotatable bonds is 5. The quantitative estimate of drug-likeness (QED) is 0.512. The number of aliphatic hydroxyl groups is 1. The topological polar surface area (TPSA) is 90.8 Å². The Bertz CT molecular complexity index is 1070. The molecule has 0 radical (unpaired) electrons. The van der Waals surface area contributed by atoms with E-state index in [-0.39, 0.29) is 17.6 Å². The first-order valence-corrected chi connectivity index (χ1v) is 11.6. The fourth-order valence-corrected chi connectivity index (χ4v) is 4.40. The van der Waals surface area contributed by atoms with E-state index in [4.69, 9.17) is 9.72 Å². The summed E-state index contributed by atoms with van der Waals surface area (Å²) >= 11 is 0. The van der Waals surface area contributed by atoms with E-state index in [1.54, 1.807) is 12.1 Å². The number of nitrogens with zero attached hydrogens (tertiary/aromatic N) is 2. The van der Waals surface area contributed by atoms with Crippen molar-refractivity contribution in [3.05, 3.63) is 35.0 Å². The zero-order valence-corrected chi connectivity index (χ0v) is 19.9. The number of hydrogen-bond acceptors (Lipinski definition) is 7. The molecule has 7 nitrogen and oxygen atoms in total. The summed E-state index contributed by atoms with van der Waals surface area (Å²) in [7, 11) is 0. The first kappa shape index (κ1) is 24.5. The molecule has 2 aliphatic rings. The van der Waals surface area contributed by atoms with Gasteiger partial charge in [0.15, 0.2) is 0 Å². The summed E-state index contributed by atoms with van der Waals surface area (Å²) in [4.78, 5) is 4.82.